The van der Waals surface area contributed by atoms with Crippen LogP contribution in [0, 0.1) is 0 Å². The number of benzene rings is 3. The van der Waals surface area contributed by atoms with E-state index in [0.717, 1.165) is 5.56 Å². The van der Waals surface area contributed by atoms with E-state index in [1.807, 2.05) is 37.3 Å². The number of aliphatic carboxylic acids is 1. The fourth-order valence-electron chi connectivity index (χ4n) is 4.33. The summed E-state index contributed by atoms with van der Waals surface area (Å²) in [6, 6.07) is 21.2. The molecule has 3 aromatic rings. The van der Waals surface area contributed by atoms with E-state index in [1.165, 1.54) is 0 Å². The maximum absolute atomic E-state index is 13.6. The van der Waals surface area contributed by atoms with Gasteiger partial charge in [0.05, 0.1) is 19.8 Å². The maximum Gasteiger partial charge on any atom is 0.313 e. The Kier molecular flexibility index (Phi) is 6.12. The number of hydrogen-bond acceptors (Lipinski definition) is 4. The maximum atomic E-state index is 13.6. The summed E-state index contributed by atoms with van der Waals surface area (Å²) in [5, 5.41) is 10.3. The number of methoxy groups -OCH3 is 1. The average molecular weight is 431 g/mol. The van der Waals surface area contributed by atoms with Crippen LogP contribution >= 0.6 is 0 Å². The number of hydrogen-bond donors (Lipinski definition) is 1. The summed E-state index contributed by atoms with van der Waals surface area (Å²) in [5.41, 5.74) is 2.55. The minimum atomic E-state index is -0.984. The number of carboxylic acid groups (broad SMARTS) is 1. The molecule has 1 aliphatic heterocycles. The van der Waals surface area contributed by atoms with Crippen LogP contribution in [-0.4, -0.2) is 35.6 Å². The van der Waals surface area contributed by atoms with Crippen LogP contribution in [0.5, 0.6) is 11.5 Å². The Labute approximate surface area is 187 Å². The van der Waals surface area contributed by atoms with Gasteiger partial charge in [-0.1, -0.05) is 54.6 Å². The molecule has 2 atom stereocenters. The number of carbonyl (C=O) groups is 2. The van der Waals surface area contributed by atoms with Crippen molar-refractivity contribution in [1.29, 1.82) is 0 Å². The molecular weight excluding hydrogens is 406 g/mol. The van der Waals surface area contributed by atoms with Crippen molar-refractivity contribution in [2.24, 2.45) is 0 Å². The van der Waals surface area contributed by atoms with Gasteiger partial charge in [0.2, 0.25) is 0 Å². The largest absolute Gasteiger partial charge is 0.493 e. The first-order valence-corrected chi connectivity index (χ1v) is 10.5. The van der Waals surface area contributed by atoms with Crippen molar-refractivity contribution >= 4 is 11.9 Å². The van der Waals surface area contributed by atoms with E-state index >= 15 is 0 Å². The summed E-state index contributed by atoms with van der Waals surface area (Å²) in [6.07, 6.45) is 0. The van der Waals surface area contributed by atoms with Gasteiger partial charge in [-0.15, -0.1) is 0 Å². The van der Waals surface area contributed by atoms with Crippen molar-refractivity contribution in [3.05, 3.63) is 95.1 Å². The lowest BCUT2D eigenvalue weighted by atomic mass is 9.79. The zero-order chi connectivity index (χ0) is 22.7. The van der Waals surface area contributed by atoms with E-state index in [9.17, 15) is 14.7 Å². The number of ether oxygens (including phenoxy) is 2. The first-order chi connectivity index (χ1) is 15.5. The second kappa shape index (κ2) is 9.14. The lowest BCUT2D eigenvalue weighted by molar-refractivity contribution is -0.140. The third kappa shape index (κ3) is 3.91. The van der Waals surface area contributed by atoms with Gasteiger partial charge in [-0.2, -0.15) is 0 Å². The Bertz CT molecular complexity index is 1130. The SMILES string of the molecule is CCOc1cc([C@@H]2[C@H](C(=O)O)c3ccccc3C(=O)N2Cc2ccccc2)ccc1OC. The molecule has 1 N–H and O–H groups in total. The lowest BCUT2D eigenvalue weighted by Crippen LogP contribution is -2.44. The molecule has 1 heterocycles. The predicted octanol–water partition coefficient (Wildman–Crippen LogP) is 4.66. The van der Waals surface area contributed by atoms with Crippen LogP contribution in [0.25, 0.3) is 0 Å². The normalized spacial score (nSPS) is 17.6. The Morgan fingerprint density at radius 3 is 2.41 bits per heavy atom. The molecule has 0 fully saturated rings. The molecule has 0 aliphatic carbocycles. The van der Waals surface area contributed by atoms with Gasteiger partial charge in [-0.05, 0) is 41.8 Å². The van der Waals surface area contributed by atoms with Crippen LogP contribution in [-0.2, 0) is 11.3 Å². The van der Waals surface area contributed by atoms with Gasteiger partial charge in [0.25, 0.3) is 5.91 Å². The van der Waals surface area contributed by atoms with Crippen molar-refractivity contribution in [3.8, 4) is 11.5 Å². The second-order valence-electron chi connectivity index (χ2n) is 7.61. The summed E-state index contributed by atoms with van der Waals surface area (Å²) < 4.78 is 11.1. The van der Waals surface area contributed by atoms with Gasteiger partial charge in [0.15, 0.2) is 11.5 Å². The van der Waals surface area contributed by atoms with Crippen molar-refractivity contribution < 1.29 is 24.2 Å². The highest BCUT2D eigenvalue weighted by atomic mass is 16.5. The van der Waals surface area contributed by atoms with Crippen LogP contribution in [0.3, 0.4) is 0 Å². The van der Waals surface area contributed by atoms with E-state index < -0.39 is 17.9 Å². The summed E-state index contributed by atoms with van der Waals surface area (Å²) in [7, 11) is 1.56. The number of rotatable bonds is 7. The van der Waals surface area contributed by atoms with E-state index in [2.05, 4.69) is 0 Å². The molecule has 1 amide bonds. The van der Waals surface area contributed by atoms with Gasteiger partial charge >= 0.3 is 5.97 Å². The van der Waals surface area contributed by atoms with Gasteiger partial charge < -0.3 is 19.5 Å². The zero-order valence-corrected chi connectivity index (χ0v) is 18.0. The first-order valence-electron chi connectivity index (χ1n) is 10.5. The number of nitrogens with zero attached hydrogens (tertiary/aromatic N) is 1. The second-order valence-corrected chi connectivity index (χ2v) is 7.61. The Balaban J connectivity index is 1.89. The molecular formula is C26H25NO5. The number of carbonyl (C=O) groups excluding carboxylic acids is 1. The number of fused-ring (bicyclic) bond motifs is 1. The van der Waals surface area contributed by atoms with Crippen LogP contribution in [0.2, 0.25) is 0 Å². The molecule has 0 aromatic heterocycles. The van der Waals surface area contributed by atoms with E-state index in [4.69, 9.17) is 9.47 Å². The standard InChI is InChI=1S/C26H25NO5/c1-3-32-22-15-18(13-14-21(22)31-2)24-23(26(29)30)19-11-7-8-12-20(19)25(28)27(24)16-17-9-5-4-6-10-17/h4-15,23-24H,3,16H2,1-2H3,(H,29,30)/t23-,24-/m1/s1. The third-order valence-corrected chi connectivity index (χ3v) is 5.73. The Hall–Kier alpha value is -3.80. The number of amides is 1. The lowest BCUT2D eigenvalue weighted by Gasteiger charge is -2.41. The summed E-state index contributed by atoms with van der Waals surface area (Å²) in [4.78, 5) is 27.8. The fraction of sp³-hybridized carbons (Fsp3) is 0.231. The van der Waals surface area contributed by atoms with Crippen molar-refractivity contribution in [1.82, 2.24) is 4.90 Å². The van der Waals surface area contributed by atoms with E-state index in [-0.39, 0.29) is 5.91 Å². The highest BCUT2D eigenvalue weighted by molar-refractivity contribution is 6.00. The predicted molar refractivity (Wildman–Crippen MR) is 120 cm³/mol. The molecule has 0 saturated carbocycles. The average Bonchev–Trinajstić information content (AvgIpc) is 2.81. The molecule has 4 rings (SSSR count). The van der Waals surface area contributed by atoms with Crippen LogP contribution < -0.4 is 9.47 Å². The smallest absolute Gasteiger partial charge is 0.313 e. The minimum Gasteiger partial charge on any atom is -0.493 e. The fourth-order valence-corrected chi connectivity index (χ4v) is 4.33. The van der Waals surface area contributed by atoms with Crippen molar-refractivity contribution in [3.63, 3.8) is 0 Å². The molecule has 0 spiro atoms. The topological polar surface area (TPSA) is 76.1 Å². The summed E-state index contributed by atoms with van der Waals surface area (Å²) >= 11 is 0. The molecule has 0 radical (unpaired) electrons. The highest BCUT2D eigenvalue weighted by Gasteiger charge is 2.44. The Morgan fingerprint density at radius 1 is 1.00 bits per heavy atom. The van der Waals surface area contributed by atoms with E-state index in [1.54, 1.807) is 54.5 Å². The van der Waals surface area contributed by atoms with Gasteiger partial charge in [-0.3, -0.25) is 9.59 Å². The molecule has 3 aromatic carbocycles. The minimum absolute atomic E-state index is 0.194. The van der Waals surface area contributed by atoms with Crippen LogP contribution in [0.15, 0.2) is 72.8 Å². The summed E-state index contributed by atoms with van der Waals surface area (Å²) in [5.74, 6) is -1.03. The van der Waals surface area contributed by atoms with Crippen molar-refractivity contribution in [2.75, 3.05) is 13.7 Å². The van der Waals surface area contributed by atoms with Crippen LogP contribution in [0.1, 0.15) is 45.9 Å². The Morgan fingerprint density at radius 2 is 1.72 bits per heavy atom. The van der Waals surface area contributed by atoms with Gasteiger partial charge in [0, 0.05) is 12.1 Å². The first kappa shape index (κ1) is 21.4. The molecule has 6 nitrogen and oxygen atoms in total. The molecule has 1 aliphatic rings. The zero-order valence-electron chi connectivity index (χ0n) is 18.0. The van der Waals surface area contributed by atoms with Crippen molar-refractivity contribution in [2.45, 2.75) is 25.4 Å². The molecule has 0 bridgehead atoms. The quantitative estimate of drug-likeness (QED) is 0.589. The highest BCUT2D eigenvalue weighted by Crippen LogP contribution is 2.45. The van der Waals surface area contributed by atoms with Gasteiger partial charge in [0.1, 0.15) is 5.92 Å². The monoisotopic (exact) mass is 431 g/mol. The molecule has 0 saturated heterocycles. The molecule has 164 valence electrons. The molecule has 6 heteroatoms. The summed E-state index contributed by atoms with van der Waals surface area (Å²) in [6.45, 7) is 2.59. The van der Waals surface area contributed by atoms with Gasteiger partial charge in [-0.25, -0.2) is 0 Å². The molecule has 0 unspecified atom stereocenters. The van der Waals surface area contributed by atoms with E-state index in [0.29, 0.717) is 41.3 Å². The number of carboxylic acids is 1. The van der Waals surface area contributed by atoms with Crippen LogP contribution in [0.4, 0.5) is 0 Å². The molecule has 32 heavy (non-hydrogen) atoms. The third-order valence-electron chi connectivity index (χ3n) is 5.73.